The van der Waals surface area contributed by atoms with Crippen LogP contribution in [0.25, 0.3) is 6.08 Å². The monoisotopic (exact) mass is 360 g/mol. The lowest BCUT2D eigenvalue weighted by Crippen LogP contribution is -2.44. The predicted octanol–water partition coefficient (Wildman–Crippen LogP) is 2.25. The topological polar surface area (TPSA) is 57.7 Å². The van der Waals surface area contributed by atoms with E-state index in [0.29, 0.717) is 33.5 Å². The summed E-state index contributed by atoms with van der Waals surface area (Å²) >= 11 is 0. The van der Waals surface area contributed by atoms with E-state index in [4.69, 9.17) is 0 Å². The molecule has 0 unspecified atom stereocenters. The highest BCUT2D eigenvalue weighted by molar-refractivity contribution is 6.29. The average Bonchev–Trinajstić information content (AvgIpc) is 2.71. The van der Waals surface area contributed by atoms with Crippen molar-refractivity contribution in [3.05, 3.63) is 76.0 Å². The van der Waals surface area contributed by atoms with Gasteiger partial charge in [0.15, 0.2) is 17.9 Å². The Morgan fingerprint density at radius 2 is 1.48 bits per heavy atom. The predicted molar refractivity (Wildman–Crippen MR) is 103 cm³/mol. The van der Waals surface area contributed by atoms with Gasteiger partial charge in [-0.2, -0.15) is 0 Å². The Kier molecular flexibility index (Phi) is 4.46. The number of ketones is 2. The summed E-state index contributed by atoms with van der Waals surface area (Å²) in [5, 5.41) is 0. The second-order valence-corrected chi connectivity index (χ2v) is 6.95. The van der Waals surface area contributed by atoms with E-state index in [1.54, 1.807) is 48.5 Å². The van der Waals surface area contributed by atoms with Crippen LogP contribution >= 0.6 is 0 Å². The first-order valence-electron chi connectivity index (χ1n) is 9.02. The summed E-state index contributed by atoms with van der Waals surface area (Å²) in [5.74, 6) is -0.321. The van der Waals surface area contributed by atoms with Crippen LogP contribution in [0.5, 0.6) is 0 Å². The highest BCUT2D eigenvalue weighted by Crippen LogP contribution is 2.30. The van der Waals surface area contributed by atoms with Crippen molar-refractivity contribution in [3.8, 4) is 0 Å². The number of benzene rings is 2. The molecule has 1 heterocycles. The second-order valence-electron chi connectivity index (χ2n) is 6.95. The first kappa shape index (κ1) is 17.4. The molecule has 0 atom stereocenters. The van der Waals surface area contributed by atoms with Crippen molar-refractivity contribution in [1.29, 1.82) is 0 Å². The smallest absolute Gasteiger partial charge is 0.195 e. The SMILES string of the molecule is CN1CCN(/C(C=O)=C/c2cccc3c2C(=O)c2ccccc2C3=O)CC1. The van der Waals surface area contributed by atoms with E-state index in [1.807, 2.05) is 4.90 Å². The average molecular weight is 360 g/mol. The van der Waals surface area contributed by atoms with Crippen molar-refractivity contribution in [1.82, 2.24) is 9.80 Å². The molecule has 1 aliphatic carbocycles. The Bertz CT molecular complexity index is 969. The number of carbonyl (C=O) groups is 3. The Balaban J connectivity index is 1.79. The molecule has 0 bridgehead atoms. The van der Waals surface area contributed by atoms with Crippen molar-refractivity contribution in [2.45, 2.75) is 0 Å². The minimum absolute atomic E-state index is 0.150. The van der Waals surface area contributed by atoms with Crippen LogP contribution in [0.4, 0.5) is 0 Å². The van der Waals surface area contributed by atoms with E-state index in [-0.39, 0.29) is 11.6 Å². The number of nitrogens with zero attached hydrogens (tertiary/aromatic N) is 2. The lowest BCUT2D eigenvalue weighted by atomic mass is 9.81. The molecule has 0 spiro atoms. The molecule has 2 aromatic carbocycles. The van der Waals surface area contributed by atoms with Gasteiger partial charge in [-0.3, -0.25) is 14.4 Å². The van der Waals surface area contributed by atoms with Crippen LogP contribution in [-0.2, 0) is 4.79 Å². The van der Waals surface area contributed by atoms with Crippen LogP contribution in [0.3, 0.4) is 0 Å². The number of likely N-dealkylation sites (N-methyl/N-ethyl adjacent to an activating group) is 1. The molecule has 2 aromatic rings. The number of piperazine rings is 1. The second kappa shape index (κ2) is 6.93. The van der Waals surface area contributed by atoms with Gasteiger partial charge in [0.2, 0.25) is 0 Å². The molecule has 0 N–H and O–H groups in total. The zero-order valence-corrected chi connectivity index (χ0v) is 15.1. The fraction of sp³-hybridized carbons (Fsp3) is 0.227. The standard InChI is InChI=1S/C22H20N2O3/c1-23-9-11-24(12-10-23)16(14-25)13-15-5-4-8-19-20(15)22(27)18-7-3-2-6-17(18)21(19)26/h2-8,13-14H,9-12H2,1H3/b16-13+. The van der Waals surface area contributed by atoms with Gasteiger partial charge >= 0.3 is 0 Å². The van der Waals surface area contributed by atoms with Gasteiger partial charge < -0.3 is 9.80 Å². The quantitative estimate of drug-likeness (QED) is 0.530. The van der Waals surface area contributed by atoms with E-state index in [9.17, 15) is 14.4 Å². The van der Waals surface area contributed by atoms with Crippen molar-refractivity contribution < 1.29 is 14.4 Å². The van der Waals surface area contributed by atoms with Crippen molar-refractivity contribution >= 4 is 23.9 Å². The Morgan fingerprint density at radius 1 is 0.852 bits per heavy atom. The van der Waals surface area contributed by atoms with Crippen LogP contribution in [0.2, 0.25) is 0 Å². The van der Waals surface area contributed by atoms with Gasteiger partial charge in [-0.1, -0.05) is 42.5 Å². The third kappa shape index (κ3) is 3.00. The summed E-state index contributed by atoms with van der Waals surface area (Å²) in [6, 6.07) is 12.1. The lowest BCUT2D eigenvalue weighted by Gasteiger charge is -2.34. The molecular formula is C22H20N2O3. The normalized spacial score (nSPS) is 17.5. The molecule has 0 aromatic heterocycles. The van der Waals surface area contributed by atoms with Crippen LogP contribution in [0.15, 0.2) is 48.2 Å². The Labute approximate surface area is 157 Å². The molecule has 0 saturated carbocycles. The first-order valence-corrected chi connectivity index (χ1v) is 9.02. The summed E-state index contributed by atoms with van der Waals surface area (Å²) in [4.78, 5) is 41.9. The number of hydrogen-bond acceptors (Lipinski definition) is 5. The van der Waals surface area contributed by atoms with Gasteiger partial charge in [0.25, 0.3) is 0 Å². The zero-order chi connectivity index (χ0) is 19.0. The maximum Gasteiger partial charge on any atom is 0.195 e. The summed E-state index contributed by atoms with van der Waals surface area (Å²) in [5.41, 5.74) is 2.79. The van der Waals surface area contributed by atoms with E-state index >= 15 is 0 Å². The fourth-order valence-corrected chi connectivity index (χ4v) is 3.72. The van der Waals surface area contributed by atoms with Crippen molar-refractivity contribution in [2.75, 3.05) is 33.2 Å². The summed E-state index contributed by atoms with van der Waals surface area (Å²) in [6.45, 7) is 3.27. The van der Waals surface area contributed by atoms with Crippen LogP contribution in [0, 0.1) is 0 Å². The highest BCUT2D eigenvalue weighted by atomic mass is 16.1. The van der Waals surface area contributed by atoms with Crippen LogP contribution in [-0.4, -0.2) is 60.9 Å². The zero-order valence-electron chi connectivity index (χ0n) is 15.1. The molecule has 2 aliphatic rings. The largest absolute Gasteiger partial charge is 0.366 e. The fourth-order valence-electron chi connectivity index (χ4n) is 3.72. The maximum atomic E-state index is 13.1. The van der Waals surface area contributed by atoms with E-state index in [0.717, 1.165) is 32.5 Å². The van der Waals surface area contributed by atoms with Crippen molar-refractivity contribution in [3.63, 3.8) is 0 Å². The molecule has 0 radical (unpaired) electrons. The summed E-state index contributed by atoms with van der Waals surface area (Å²) in [6.07, 6.45) is 2.56. The maximum absolute atomic E-state index is 13.1. The number of rotatable bonds is 3. The molecule has 5 heteroatoms. The van der Waals surface area contributed by atoms with Crippen LogP contribution < -0.4 is 0 Å². The molecule has 27 heavy (non-hydrogen) atoms. The van der Waals surface area contributed by atoms with Crippen molar-refractivity contribution in [2.24, 2.45) is 0 Å². The number of hydrogen-bond donors (Lipinski definition) is 0. The number of aldehydes is 1. The van der Waals surface area contributed by atoms with Gasteiger partial charge in [0.1, 0.15) is 0 Å². The van der Waals surface area contributed by atoms with Crippen LogP contribution in [0.1, 0.15) is 37.4 Å². The number of fused-ring (bicyclic) bond motifs is 2. The third-order valence-electron chi connectivity index (χ3n) is 5.28. The number of carbonyl (C=O) groups excluding carboxylic acids is 3. The molecule has 1 saturated heterocycles. The molecule has 4 rings (SSSR count). The Morgan fingerprint density at radius 3 is 2.15 bits per heavy atom. The lowest BCUT2D eigenvalue weighted by molar-refractivity contribution is -0.106. The first-order chi connectivity index (χ1) is 13.1. The van der Waals surface area contributed by atoms with Gasteiger partial charge in [-0.05, 0) is 18.7 Å². The third-order valence-corrected chi connectivity index (χ3v) is 5.28. The molecular weight excluding hydrogens is 340 g/mol. The Hall–Kier alpha value is -3.05. The van der Waals surface area contributed by atoms with Gasteiger partial charge in [-0.15, -0.1) is 0 Å². The highest BCUT2D eigenvalue weighted by Gasteiger charge is 2.31. The molecule has 1 fully saturated rings. The molecule has 5 nitrogen and oxygen atoms in total. The molecule has 0 amide bonds. The molecule has 136 valence electrons. The van der Waals surface area contributed by atoms with Gasteiger partial charge in [0, 0.05) is 48.4 Å². The van der Waals surface area contributed by atoms with E-state index in [2.05, 4.69) is 11.9 Å². The molecule has 1 aliphatic heterocycles. The summed E-state index contributed by atoms with van der Waals surface area (Å²) < 4.78 is 0. The van der Waals surface area contributed by atoms with E-state index < -0.39 is 0 Å². The van der Waals surface area contributed by atoms with Gasteiger partial charge in [0.05, 0.1) is 5.70 Å². The van der Waals surface area contributed by atoms with E-state index in [1.165, 1.54) is 0 Å². The minimum atomic E-state index is -0.171. The van der Waals surface area contributed by atoms with Gasteiger partial charge in [-0.25, -0.2) is 0 Å². The number of allylic oxidation sites excluding steroid dienone is 1. The summed E-state index contributed by atoms with van der Waals surface area (Å²) in [7, 11) is 2.05. The minimum Gasteiger partial charge on any atom is -0.366 e.